The first-order valence-corrected chi connectivity index (χ1v) is 4.74. The molecule has 1 fully saturated rings. The first-order valence-electron chi connectivity index (χ1n) is 4.74. The van der Waals surface area contributed by atoms with Gasteiger partial charge in [0.15, 0.2) is 0 Å². The molecule has 0 bridgehead atoms. The molecule has 1 aliphatic rings. The summed E-state index contributed by atoms with van der Waals surface area (Å²) in [5.74, 6) is 0.912. The summed E-state index contributed by atoms with van der Waals surface area (Å²) in [7, 11) is 0. The minimum Gasteiger partial charge on any atom is -0.331 e. The summed E-state index contributed by atoms with van der Waals surface area (Å²) < 4.78 is 0. The van der Waals surface area contributed by atoms with E-state index < -0.39 is 0 Å². The van der Waals surface area contributed by atoms with Crippen molar-refractivity contribution >= 4 is 0 Å². The van der Waals surface area contributed by atoms with Gasteiger partial charge in [0.25, 0.3) is 0 Å². The van der Waals surface area contributed by atoms with Crippen molar-refractivity contribution in [3.8, 4) is 0 Å². The van der Waals surface area contributed by atoms with Gasteiger partial charge in [0, 0.05) is 0 Å². The molecule has 0 aromatic rings. The largest absolute Gasteiger partial charge is 0.331 e. The molecular weight excluding hydrogens is 150 g/mol. The highest BCUT2D eigenvalue weighted by Crippen LogP contribution is 2.26. The zero-order chi connectivity index (χ0) is 9.98. The molecule has 0 aromatic carbocycles. The first kappa shape index (κ1) is 14.4. The Labute approximate surface area is 76.7 Å². The fourth-order valence-corrected chi connectivity index (χ4v) is 0.354. The van der Waals surface area contributed by atoms with E-state index in [-0.39, 0.29) is 0 Å². The molecular formula is C9H25N3. The number of nitrogens with two attached hydrogens (primary N) is 3. The van der Waals surface area contributed by atoms with E-state index in [9.17, 15) is 0 Å². The third-order valence-corrected chi connectivity index (χ3v) is 1.03. The zero-order valence-corrected chi connectivity index (χ0v) is 8.72. The highest BCUT2D eigenvalue weighted by molar-refractivity contribution is 4.72. The van der Waals surface area contributed by atoms with E-state index >= 15 is 0 Å². The quantitative estimate of drug-likeness (QED) is 0.548. The smallest absolute Gasteiger partial charge is 0.00179 e. The second-order valence-electron chi connectivity index (χ2n) is 3.33. The molecule has 3 heteroatoms. The highest BCUT2D eigenvalue weighted by Gasteiger charge is 2.17. The molecule has 1 aliphatic carbocycles. The summed E-state index contributed by atoms with van der Waals surface area (Å²) in [4.78, 5) is 0. The monoisotopic (exact) mass is 175 g/mol. The van der Waals surface area contributed by atoms with Crippen LogP contribution >= 0.6 is 0 Å². The number of hydrogen-bond acceptors (Lipinski definition) is 3. The van der Waals surface area contributed by atoms with Crippen LogP contribution in [0.2, 0.25) is 0 Å². The lowest BCUT2D eigenvalue weighted by Crippen LogP contribution is -2.06. The van der Waals surface area contributed by atoms with Crippen LogP contribution in [0.15, 0.2) is 0 Å². The standard InChI is InChI=1S/C4H9N.C3H9N.C2H7N/c5-3-4-1-2-4;1-3(2)4;1-2-3/h4H,1-3,5H2;3H,4H2,1-2H3;2-3H2,1H3. The van der Waals surface area contributed by atoms with E-state index in [2.05, 4.69) is 0 Å². The van der Waals surface area contributed by atoms with Crippen molar-refractivity contribution < 1.29 is 0 Å². The number of hydrogen-bond donors (Lipinski definition) is 3. The Balaban J connectivity index is 0. The molecule has 0 aromatic heterocycles. The molecule has 12 heavy (non-hydrogen) atoms. The molecule has 0 radical (unpaired) electrons. The second-order valence-corrected chi connectivity index (χ2v) is 3.33. The van der Waals surface area contributed by atoms with Gasteiger partial charge in [-0.1, -0.05) is 20.8 Å². The molecule has 0 heterocycles. The van der Waals surface area contributed by atoms with E-state index in [0.29, 0.717) is 6.04 Å². The highest BCUT2D eigenvalue weighted by atomic mass is 14.6. The van der Waals surface area contributed by atoms with Crippen molar-refractivity contribution in [1.29, 1.82) is 0 Å². The molecule has 0 saturated heterocycles. The lowest BCUT2D eigenvalue weighted by Gasteiger charge is -1.81. The maximum atomic E-state index is 5.23. The topological polar surface area (TPSA) is 78.1 Å². The average Bonchev–Trinajstić information content (AvgIpc) is 2.68. The summed E-state index contributed by atoms with van der Waals surface area (Å²) in [6.07, 6.45) is 2.77. The van der Waals surface area contributed by atoms with E-state index in [4.69, 9.17) is 17.2 Å². The molecule has 0 amide bonds. The van der Waals surface area contributed by atoms with Gasteiger partial charge < -0.3 is 17.2 Å². The molecule has 76 valence electrons. The molecule has 1 saturated carbocycles. The van der Waals surface area contributed by atoms with Crippen LogP contribution in [0, 0.1) is 5.92 Å². The van der Waals surface area contributed by atoms with E-state index in [0.717, 1.165) is 19.0 Å². The van der Waals surface area contributed by atoms with Crippen molar-refractivity contribution in [3.05, 3.63) is 0 Å². The lowest BCUT2D eigenvalue weighted by molar-refractivity contribution is 0.834. The van der Waals surface area contributed by atoms with E-state index in [1.54, 1.807) is 0 Å². The fourth-order valence-electron chi connectivity index (χ4n) is 0.354. The van der Waals surface area contributed by atoms with Gasteiger partial charge in [-0.3, -0.25) is 0 Å². The van der Waals surface area contributed by atoms with Gasteiger partial charge >= 0.3 is 0 Å². The fraction of sp³-hybridized carbons (Fsp3) is 1.00. The third kappa shape index (κ3) is 32.7. The Kier molecular flexibility index (Phi) is 13.1. The maximum Gasteiger partial charge on any atom is -0.00179 e. The van der Waals surface area contributed by atoms with Crippen molar-refractivity contribution in [2.45, 2.75) is 39.7 Å². The van der Waals surface area contributed by atoms with Gasteiger partial charge in [-0.15, -0.1) is 0 Å². The van der Waals surface area contributed by atoms with Crippen LogP contribution in [-0.2, 0) is 0 Å². The summed E-state index contributed by atoms with van der Waals surface area (Å²) in [6, 6.07) is 0.333. The second kappa shape index (κ2) is 10.9. The minimum atomic E-state index is 0.333. The molecule has 6 N–H and O–H groups in total. The van der Waals surface area contributed by atoms with Crippen LogP contribution in [0.4, 0.5) is 0 Å². The molecule has 3 nitrogen and oxygen atoms in total. The Morgan fingerprint density at radius 1 is 1.25 bits per heavy atom. The summed E-state index contributed by atoms with van der Waals surface area (Å²) in [5, 5.41) is 0. The minimum absolute atomic E-state index is 0.333. The van der Waals surface area contributed by atoms with Gasteiger partial charge in [-0.25, -0.2) is 0 Å². The Morgan fingerprint density at radius 2 is 1.50 bits per heavy atom. The molecule has 1 rings (SSSR count). The third-order valence-electron chi connectivity index (χ3n) is 1.03. The SMILES string of the molecule is CC(C)N.CCN.NCC1CC1. The summed E-state index contributed by atoms with van der Waals surface area (Å²) in [6.45, 7) is 7.46. The van der Waals surface area contributed by atoms with Crippen molar-refractivity contribution in [2.24, 2.45) is 23.1 Å². The first-order chi connectivity index (χ1) is 5.58. The molecule has 0 spiro atoms. The van der Waals surface area contributed by atoms with Gasteiger partial charge in [-0.2, -0.15) is 0 Å². The van der Waals surface area contributed by atoms with Gasteiger partial charge in [-0.05, 0) is 37.9 Å². The van der Waals surface area contributed by atoms with Crippen LogP contribution in [-0.4, -0.2) is 19.1 Å². The van der Waals surface area contributed by atoms with Crippen LogP contribution in [0.1, 0.15) is 33.6 Å². The van der Waals surface area contributed by atoms with Crippen LogP contribution in [0.25, 0.3) is 0 Å². The Hall–Kier alpha value is -0.120. The van der Waals surface area contributed by atoms with Gasteiger partial charge in [0.1, 0.15) is 0 Å². The normalized spacial score (nSPS) is 14.2. The summed E-state index contributed by atoms with van der Waals surface area (Å²) >= 11 is 0. The summed E-state index contributed by atoms with van der Waals surface area (Å²) in [5.41, 5.74) is 15.2. The average molecular weight is 175 g/mol. The van der Waals surface area contributed by atoms with Gasteiger partial charge in [0.2, 0.25) is 0 Å². The van der Waals surface area contributed by atoms with E-state index in [1.807, 2.05) is 20.8 Å². The van der Waals surface area contributed by atoms with Crippen molar-refractivity contribution in [1.82, 2.24) is 0 Å². The maximum absolute atomic E-state index is 5.23. The van der Waals surface area contributed by atoms with Crippen LogP contribution in [0.5, 0.6) is 0 Å². The molecule has 0 atom stereocenters. The Bertz CT molecular complexity index is 67.4. The number of rotatable bonds is 1. The predicted molar refractivity (Wildman–Crippen MR) is 55.8 cm³/mol. The molecule has 0 unspecified atom stereocenters. The predicted octanol–water partition coefficient (Wildman–Crippen LogP) is 0.674. The van der Waals surface area contributed by atoms with Crippen molar-refractivity contribution in [2.75, 3.05) is 13.1 Å². The van der Waals surface area contributed by atoms with E-state index in [1.165, 1.54) is 12.8 Å². The van der Waals surface area contributed by atoms with Crippen LogP contribution in [0.3, 0.4) is 0 Å². The Morgan fingerprint density at radius 3 is 1.50 bits per heavy atom. The zero-order valence-electron chi connectivity index (χ0n) is 8.72. The van der Waals surface area contributed by atoms with Gasteiger partial charge in [0.05, 0.1) is 0 Å². The molecule has 0 aliphatic heterocycles. The lowest BCUT2D eigenvalue weighted by atomic mass is 10.4. The van der Waals surface area contributed by atoms with Crippen molar-refractivity contribution in [3.63, 3.8) is 0 Å². The van der Waals surface area contributed by atoms with Crippen LogP contribution < -0.4 is 17.2 Å².